The maximum absolute atomic E-state index is 12.3. The van der Waals surface area contributed by atoms with Crippen LogP contribution in [0.4, 0.5) is 0 Å². The molecule has 0 unspecified atom stereocenters. The Morgan fingerprint density at radius 2 is 2.20 bits per heavy atom. The molecule has 1 N–H and O–H groups in total. The summed E-state index contributed by atoms with van der Waals surface area (Å²) < 4.78 is 26.4. The molecule has 1 aromatic carbocycles. The molecule has 1 aromatic rings. The number of hydrogen-bond donors (Lipinski definition) is 1. The smallest absolute Gasteiger partial charge is 0.244 e. The van der Waals surface area contributed by atoms with E-state index in [1.54, 1.807) is 6.07 Å². The van der Waals surface area contributed by atoms with Gasteiger partial charge in [-0.2, -0.15) is 4.31 Å². The molecular formula is C14H17BrN2O2S. The van der Waals surface area contributed by atoms with Gasteiger partial charge in [0.15, 0.2) is 0 Å². The maximum Gasteiger partial charge on any atom is 0.244 e. The highest BCUT2D eigenvalue weighted by Gasteiger charge is 2.23. The molecule has 1 saturated carbocycles. The first-order valence-electron chi connectivity index (χ1n) is 6.36. The van der Waals surface area contributed by atoms with Gasteiger partial charge in [-0.15, -0.1) is 6.42 Å². The number of halogens is 1. The van der Waals surface area contributed by atoms with Gasteiger partial charge in [0.2, 0.25) is 10.0 Å². The summed E-state index contributed by atoms with van der Waals surface area (Å²) in [7, 11) is -2.07. The van der Waals surface area contributed by atoms with Gasteiger partial charge < -0.3 is 5.32 Å². The van der Waals surface area contributed by atoms with Crippen LogP contribution in [0.2, 0.25) is 0 Å². The second-order valence-corrected chi connectivity index (χ2v) is 7.75. The largest absolute Gasteiger partial charge is 0.310 e. The van der Waals surface area contributed by atoms with Gasteiger partial charge in [-0.1, -0.05) is 12.0 Å². The summed E-state index contributed by atoms with van der Waals surface area (Å²) >= 11 is 3.34. The van der Waals surface area contributed by atoms with Gasteiger partial charge in [-0.25, -0.2) is 8.42 Å². The molecule has 2 rings (SSSR count). The lowest BCUT2D eigenvalue weighted by atomic mass is 10.2. The second kappa shape index (κ2) is 6.27. The molecule has 0 aromatic heterocycles. The van der Waals surface area contributed by atoms with Gasteiger partial charge in [0.1, 0.15) is 0 Å². The molecule has 0 aliphatic heterocycles. The van der Waals surface area contributed by atoms with Gasteiger partial charge in [0.25, 0.3) is 0 Å². The molecule has 108 valence electrons. The average molecular weight is 357 g/mol. The number of benzene rings is 1. The van der Waals surface area contributed by atoms with Crippen LogP contribution in [-0.4, -0.2) is 32.4 Å². The van der Waals surface area contributed by atoms with Crippen molar-refractivity contribution in [1.82, 2.24) is 9.62 Å². The number of rotatable bonds is 6. The molecule has 0 radical (unpaired) electrons. The number of nitrogens with one attached hydrogen (secondary N) is 1. The van der Waals surface area contributed by atoms with Crippen LogP contribution in [0.5, 0.6) is 0 Å². The topological polar surface area (TPSA) is 49.4 Å². The van der Waals surface area contributed by atoms with E-state index in [4.69, 9.17) is 6.42 Å². The molecule has 0 atom stereocenters. The fourth-order valence-corrected chi connectivity index (χ4v) is 3.96. The van der Waals surface area contributed by atoms with Crippen molar-refractivity contribution >= 4 is 26.0 Å². The normalized spacial score (nSPS) is 15.3. The third-order valence-electron chi connectivity index (χ3n) is 3.17. The molecular weight excluding hydrogens is 340 g/mol. The number of terminal acetylenes is 1. The zero-order chi connectivity index (χ0) is 14.8. The fraction of sp³-hybridized carbons (Fsp3) is 0.429. The van der Waals surface area contributed by atoms with E-state index in [1.807, 2.05) is 12.1 Å². The Labute approximate surface area is 128 Å². The van der Waals surface area contributed by atoms with Crippen molar-refractivity contribution in [2.75, 3.05) is 13.6 Å². The molecule has 0 bridgehead atoms. The lowest BCUT2D eigenvalue weighted by Gasteiger charge is -2.16. The molecule has 20 heavy (non-hydrogen) atoms. The Bertz CT molecular complexity index is 633. The van der Waals surface area contributed by atoms with E-state index < -0.39 is 10.0 Å². The predicted octanol–water partition coefficient (Wildman–Crippen LogP) is 1.95. The van der Waals surface area contributed by atoms with Gasteiger partial charge in [-0.05, 0) is 46.5 Å². The Kier molecular flexibility index (Phi) is 4.86. The van der Waals surface area contributed by atoms with Gasteiger partial charge in [0, 0.05) is 24.1 Å². The minimum Gasteiger partial charge on any atom is -0.310 e. The minimum absolute atomic E-state index is 0.0553. The van der Waals surface area contributed by atoms with Crippen LogP contribution < -0.4 is 5.32 Å². The first-order valence-corrected chi connectivity index (χ1v) is 8.60. The van der Waals surface area contributed by atoms with Crippen LogP contribution in [-0.2, 0) is 16.6 Å². The SMILES string of the molecule is C#CCN(C)S(=O)(=O)c1ccc(CNC2CC2)cc1Br. The molecule has 0 spiro atoms. The van der Waals surface area contributed by atoms with Crippen molar-refractivity contribution in [2.24, 2.45) is 0 Å². The first-order chi connectivity index (χ1) is 9.45. The van der Waals surface area contributed by atoms with Crippen molar-refractivity contribution in [1.29, 1.82) is 0 Å². The van der Waals surface area contributed by atoms with Crippen LogP contribution >= 0.6 is 15.9 Å². The zero-order valence-corrected chi connectivity index (χ0v) is 13.7. The summed E-state index contributed by atoms with van der Waals surface area (Å²) in [6.45, 7) is 0.809. The van der Waals surface area contributed by atoms with Crippen LogP contribution in [0.25, 0.3) is 0 Å². The molecule has 0 heterocycles. The van der Waals surface area contributed by atoms with Crippen molar-refractivity contribution in [3.63, 3.8) is 0 Å². The van der Waals surface area contributed by atoms with E-state index in [0.717, 1.165) is 16.4 Å². The lowest BCUT2D eigenvalue weighted by molar-refractivity contribution is 0.502. The molecule has 1 fully saturated rings. The summed E-state index contributed by atoms with van der Waals surface area (Å²) in [5.74, 6) is 2.34. The van der Waals surface area contributed by atoms with Gasteiger partial charge in [0.05, 0.1) is 11.4 Å². The molecule has 4 nitrogen and oxygen atoms in total. The van der Waals surface area contributed by atoms with Crippen LogP contribution in [0.1, 0.15) is 18.4 Å². The van der Waals surface area contributed by atoms with Crippen molar-refractivity contribution in [3.8, 4) is 12.3 Å². The third kappa shape index (κ3) is 3.61. The van der Waals surface area contributed by atoms with Crippen molar-refractivity contribution in [2.45, 2.75) is 30.3 Å². The fourth-order valence-electron chi connectivity index (χ4n) is 1.79. The third-order valence-corrected chi connectivity index (χ3v) is 5.95. The van der Waals surface area contributed by atoms with E-state index in [-0.39, 0.29) is 11.4 Å². The van der Waals surface area contributed by atoms with E-state index in [9.17, 15) is 8.42 Å². The number of hydrogen-bond acceptors (Lipinski definition) is 3. The maximum atomic E-state index is 12.3. The summed E-state index contributed by atoms with van der Waals surface area (Å²) in [6.07, 6.45) is 7.62. The Balaban J connectivity index is 2.17. The van der Waals surface area contributed by atoms with E-state index in [1.165, 1.54) is 19.9 Å². The van der Waals surface area contributed by atoms with Crippen LogP contribution in [0.15, 0.2) is 27.6 Å². The number of sulfonamides is 1. The number of nitrogens with zero attached hydrogens (tertiary/aromatic N) is 1. The van der Waals surface area contributed by atoms with Crippen molar-refractivity contribution < 1.29 is 8.42 Å². The summed E-state index contributed by atoms with van der Waals surface area (Å²) in [6, 6.07) is 5.91. The summed E-state index contributed by atoms with van der Waals surface area (Å²) in [4.78, 5) is 0.241. The average Bonchev–Trinajstić information content (AvgIpc) is 3.20. The van der Waals surface area contributed by atoms with E-state index in [2.05, 4.69) is 27.2 Å². The van der Waals surface area contributed by atoms with Crippen LogP contribution in [0.3, 0.4) is 0 Å². The first kappa shape index (κ1) is 15.5. The quantitative estimate of drug-likeness (QED) is 0.792. The lowest BCUT2D eigenvalue weighted by Crippen LogP contribution is -2.27. The second-order valence-electron chi connectivity index (χ2n) is 4.89. The Morgan fingerprint density at radius 3 is 2.75 bits per heavy atom. The summed E-state index contributed by atoms with van der Waals surface area (Å²) in [5.41, 5.74) is 1.06. The predicted molar refractivity (Wildman–Crippen MR) is 82.7 cm³/mol. The Hall–Kier alpha value is -0.870. The van der Waals surface area contributed by atoms with E-state index in [0.29, 0.717) is 10.5 Å². The highest BCUT2D eigenvalue weighted by molar-refractivity contribution is 9.10. The highest BCUT2D eigenvalue weighted by atomic mass is 79.9. The standard InChI is InChI=1S/C14H17BrN2O2S/c1-3-8-17(2)20(18,19)14-7-4-11(9-13(14)15)10-16-12-5-6-12/h1,4,7,9,12,16H,5-6,8,10H2,2H3. The zero-order valence-electron chi connectivity index (χ0n) is 11.3. The Morgan fingerprint density at radius 1 is 1.50 bits per heavy atom. The molecule has 0 saturated heterocycles. The molecule has 6 heteroatoms. The molecule has 0 amide bonds. The molecule has 1 aliphatic carbocycles. The van der Waals surface area contributed by atoms with Crippen LogP contribution in [0, 0.1) is 12.3 Å². The van der Waals surface area contributed by atoms with E-state index >= 15 is 0 Å². The minimum atomic E-state index is -3.54. The molecule has 1 aliphatic rings. The van der Waals surface area contributed by atoms with Crippen molar-refractivity contribution in [3.05, 3.63) is 28.2 Å². The van der Waals surface area contributed by atoms with Gasteiger partial charge in [-0.3, -0.25) is 0 Å². The highest BCUT2D eigenvalue weighted by Crippen LogP contribution is 2.26. The summed E-state index contributed by atoms with van der Waals surface area (Å²) in [5, 5.41) is 3.39. The van der Waals surface area contributed by atoms with Gasteiger partial charge >= 0.3 is 0 Å². The monoisotopic (exact) mass is 356 g/mol.